The first-order chi connectivity index (χ1) is 14.7. The minimum Gasteiger partial charge on any atom is -0.533 e. The first-order valence-electron chi connectivity index (χ1n) is 10.2. The molecule has 0 spiro atoms. The van der Waals surface area contributed by atoms with Crippen molar-refractivity contribution in [3.8, 4) is 11.1 Å². The van der Waals surface area contributed by atoms with Crippen LogP contribution < -0.4 is 0 Å². The maximum atomic E-state index is 4.53. The predicted molar refractivity (Wildman–Crippen MR) is 140 cm³/mol. The van der Waals surface area contributed by atoms with Crippen LogP contribution in [-0.4, -0.2) is 16.0 Å². The van der Waals surface area contributed by atoms with Crippen molar-refractivity contribution in [1.82, 2.24) is 0 Å². The number of benzene rings is 3. The van der Waals surface area contributed by atoms with Gasteiger partial charge in [-0.25, -0.2) is 9.85 Å². The summed E-state index contributed by atoms with van der Waals surface area (Å²) in [5.41, 5.74) is 3.95. The Hall–Kier alpha value is -2.16. The molecular weight excluding hydrogens is 555 g/mol. The molecule has 5 aromatic carbocycles. The molecule has 5 aromatic rings. The van der Waals surface area contributed by atoms with Crippen molar-refractivity contribution >= 4 is 37.6 Å². The van der Waals surface area contributed by atoms with Crippen LogP contribution in [0.4, 0.5) is 0 Å². The summed E-state index contributed by atoms with van der Waals surface area (Å²) >= 11 is 0. The zero-order valence-electron chi connectivity index (χ0n) is 18.7. The van der Waals surface area contributed by atoms with Gasteiger partial charge in [0.05, 0.1) is 0 Å². The van der Waals surface area contributed by atoms with Crippen molar-refractivity contribution in [3.05, 3.63) is 115 Å². The number of rotatable bonds is 1. The molecule has 0 atom stereocenters. The summed E-state index contributed by atoms with van der Waals surface area (Å²) in [7, 11) is 1.36. The summed E-state index contributed by atoms with van der Waals surface area (Å²) in [4.78, 5) is 0. The zero-order valence-corrected chi connectivity index (χ0v) is 23.7. The van der Waals surface area contributed by atoms with Crippen LogP contribution >= 0.6 is 0 Å². The molecule has 0 fully saturated rings. The van der Waals surface area contributed by atoms with Crippen LogP contribution in [-0.2, 0) is 25.8 Å². The first-order valence-corrected chi connectivity index (χ1v) is 11.0. The minimum absolute atomic E-state index is 0. The largest absolute Gasteiger partial charge is 4.00 e. The van der Waals surface area contributed by atoms with E-state index in [4.69, 9.17) is 0 Å². The van der Waals surface area contributed by atoms with Gasteiger partial charge in [-0.05, 0) is 5.56 Å². The second-order valence-corrected chi connectivity index (χ2v) is 6.94. The standard InChI is InChI=1S/C15H11.C10H9.C3H7.CH3Si.Hf/c1-2-6-12(7-3-1)14-10-4-8-13-9-5-11-15(13)14;1-8-6-9-4-2-3-5-10(9)7-8;1-3-2;1-2;/h1-11H;2-7H,1H3;3H,1-2H3;1H,2H2;/q4*-1;+4. The smallest absolute Gasteiger partial charge is 0.533 e. The van der Waals surface area contributed by atoms with Gasteiger partial charge in [0.2, 0.25) is 0 Å². The molecule has 0 aliphatic rings. The molecule has 0 aliphatic carbocycles. The van der Waals surface area contributed by atoms with Gasteiger partial charge in [0.25, 0.3) is 0 Å². The molecule has 0 saturated heterocycles. The van der Waals surface area contributed by atoms with Crippen molar-refractivity contribution < 1.29 is 25.8 Å². The Bertz CT molecular complexity index is 1100. The van der Waals surface area contributed by atoms with E-state index in [1.54, 1.807) is 0 Å². The van der Waals surface area contributed by atoms with Gasteiger partial charge in [0.1, 0.15) is 0 Å². The van der Waals surface area contributed by atoms with Crippen LogP contribution in [0.25, 0.3) is 32.7 Å². The molecule has 0 aromatic heterocycles. The summed E-state index contributed by atoms with van der Waals surface area (Å²) in [6.07, 6.45) is 6.53. The Kier molecular flexibility index (Phi) is 12.8. The van der Waals surface area contributed by atoms with Crippen LogP contribution in [0.15, 0.2) is 103 Å². The van der Waals surface area contributed by atoms with Gasteiger partial charge in [0, 0.05) is 0 Å². The van der Waals surface area contributed by atoms with E-state index in [1.807, 2.05) is 20.3 Å². The molecule has 0 nitrogen and oxygen atoms in total. The van der Waals surface area contributed by atoms with Crippen molar-refractivity contribution in [2.24, 2.45) is 0 Å². The third kappa shape index (κ3) is 7.79. The number of fused-ring (bicyclic) bond motifs is 2. The van der Waals surface area contributed by atoms with Crippen molar-refractivity contribution in [2.75, 3.05) is 0 Å². The molecule has 0 amide bonds. The summed E-state index contributed by atoms with van der Waals surface area (Å²) in [5.74, 6) is 0. The minimum atomic E-state index is 0. The maximum absolute atomic E-state index is 4.53. The van der Waals surface area contributed by atoms with Gasteiger partial charge in [0.15, 0.2) is 0 Å². The first kappa shape index (κ1) is 26.9. The topological polar surface area (TPSA) is 0 Å². The van der Waals surface area contributed by atoms with Crippen LogP contribution in [0.5, 0.6) is 0 Å². The van der Waals surface area contributed by atoms with E-state index >= 15 is 0 Å². The van der Waals surface area contributed by atoms with E-state index in [0.29, 0.717) is 0 Å². The molecule has 5 rings (SSSR count). The molecule has 0 bridgehead atoms. The average Bonchev–Trinajstić information content (AvgIpc) is 3.42. The summed E-state index contributed by atoms with van der Waals surface area (Å²) in [6.45, 7) is 6.12. The van der Waals surface area contributed by atoms with Gasteiger partial charge < -0.3 is 12.6 Å². The Morgan fingerprint density at radius 1 is 0.774 bits per heavy atom. The molecule has 0 aliphatic heterocycles. The Morgan fingerprint density at radius 2 is 1.39 bits per heavy atom. The maximum Gasteiger partial charge on any atom is 4.00 e. The molecule has 0 radical (unpaired) electrons. The molecule has 0 N–H and O–H groups in total. The van der Waals surface area contributed by atoms with Gasteiger partial charge >= 0.3 is 25.8 Å². The SMILES string of the molecule is C[CH-]C.Cc1cc2ccccc2[cH-]1.[CH-]=[SiH2].[Hf+4].c1ccc(-c2cccc3[cH-]ccc23)cc1. The van der Waals surface area contributed by atoms with E-state index in [-0.39, 0.29) is 25.8 Å². The predicted octanol–water partition coefficient (Wildman–Crippen LogP) is 7.25. The second kappa shape index (κ2) is 14.8. The molecule has 0 unspecified atom stereocenters. The zero-order chi connectivity index (χ0) is 21.8. The van der Waals surface area contributed by atoms with E-state index in [1.165, 1.54) is 48.1 Å². The van der Waals surface area contributed by atoms with Crippen LogP contribution in [0, 0.1) is 13.3 Å². The fourth-order valence-electron chi connectivity index (χ4n) is 3.34. The number of hydrogen-bond acceptors (Lipinski definition) is 0. The van der Waals surface area contributed by atoms with Gasteiger partial charge in [-0.2, -0.15) is 32.0 Å². The Labute approximate surface area is 209 Å². The van der Waals surface area contributed by atoms with Crippen LogP contribution in [0.2, 0.25) is 0 Å². The summed E-state index contributed by atoms with van der Waals surface area (Å²) < 4.78 is 0. The fourth-order valence-corrected chi connectivity index (χ4v) is 3.34. The van der Waals surface area contributed by atoms with Gasteiger partial charge in [-0.3, -0.25) is 0 Å². The fraction of sp³-hybridized carbons (Fsp3) is 0.103. The second-order valence-electron chi connectivity index (χ2n) is 6.94. The Morgan fingerprint density at radius 3 is 2.06 bits per heavy atom. The van der Waals surface area contributed by atoms with Gasteiger partial charge in [-0.1, -0.05) is 55.0 Å². The third-order valence-corrected chi connectivity index (χ3v) is 4.53. The van der Waals surface area contributed by atoms with E-state index < -0.39 is 0 Å². The third-order valence-electron chi connectivity index (χ3n) is 4.53. The summed E-state index contributed by atoms with van der Waals surface area (Å²) in [6, 6.07) is 36.2. The van der Waals surface area contributed by atoms with E-state index in [0.717, 1.165) is 0 Å². The monoisotopic (exact) mass is 586 g/mol. The Balaban J connectivity index is 0.000000262. The molecule has 154 valence electrons. The molecule has 31 heavy (non-hydrogen) atoms. The molecule has 2 heteroatoms. The van der Waals surface area contributed by atoms with E-state index in [2.05, 4.69) is 116 Å². The molecule has 0 saturated carbocycles. The van der Waals surface area contributed by atoms with Crippen LogP contribution in [0.1, 0.15) is 19.4 Å². The van der Waals surface area contributed by atoms with Crippen molar-refractivity contribution in [2.45, 2.75) is 20.8 Å². The number of hydrogen-bond donors (Lipinski definition) is 0. The van der Waals surface area contributed by atoms with Gasteiger partial charge in [-0.15, -0.1) is 69.6 Å². The molecular formula is C29H30HfSi. The molecule has 0 heterocycles. The summed E-state index contributed by atoms with van der Waals surface area (Å²) in [5, 5.41) is 5.35. The quantitative estimate of drug-likeness (QED) is 0.144. The van der Waals surface area contributed by atoms with Crippen molar-refractivity contribution in [3.63, 3.8) is 0 Å². The van der Waals surface area contributed by atoms with Crippen molar-refractivity contribution in [1.29, 1.82) is 0 Å². The van der Waals surface area contributed by atoms with E-state index in [9.17, 15) is 0 Å². The number of aryl methyl sites for hydroxylation is 1. The van der Waals surface area contributed by atoms with Crippen LogP contribution in [0.3, 0.4) is 0 Å². The normalized spacial score (nSPS) is 9.26. The average molecular weight is 585 g/mol.